The highest BCUT2D eigenvalue weighted by atomic mass is 32.1. The molecule has 0 atom stereocenters. The molecule has 1 aliphatic carbocycles. The highest BCUT2D eigenvalue weighted by molar-refractivity contribution is 7.25. The van der Waals surface area contributed by atoms with Gasteiger partial charge in [-0.05, 0) is 104 Å². The summed E-state index contributed by atoms with van der Waals surface area (Å²) in [4.78, 5) is 10.3. The zero-order valence-electron chi connectivity index (χ0n) is 32.3. The van der Waals surface area contributed by atoms with E-state index in [4.69, 9.17) is 9.97 Å². The van der Waals surface area contributed by atoms with Gasteiger partial charge in [-0.1, -0.05) is 159 Å². The van der Waals surface area contributed by atoms with E-state index in [1.807, 2.05) is 35.6 Å². The lowest BCUT2D eigenvalue weighted by Crippen LogP contribution is -2.14. The van der Waals surface area contributed by atoms with Gasteiger partial charge in [0.15, 0.2) is 5.82 Å². The molecular formula is C55H38N2S. The van der Waals surface area contributed by atoms with Gasteiger partial charge in [0.1, 0.15) is 0 Å². The Kier molecular flexibility index (Phi) is 8.06. The van der Waals surface area contributed by atoms with Crippen LogP contribution in [0.2, 0.25) is 0 Å². The number of aromatic nitrogens is 2. The molecule has 0 saturated carbocycles. The van der Waals surface area contributed by atoms with E-state index in [-0.39, 0.29) is 5.41 Å². The van der Waals surface area contributed by atoms with Gasteiger partial charge in [-0.3, -0.25) is 0 Å². The largest absolute Gasteiger partial charge is 0.228 e. The summed E-state index contributed by atoms with van der Waals surface area (Å²) >= 11 is 1.85. The summed E-state index contributed by atoms with van der Waals surface area (Å²) in [5.41, 5.74) is 17.4. The van der Waals surface area contributed by atoms with Gasteiger partial charge in [0.2, 0.25) is 0 Å². The predicted octanol–water partition coefficient (Wildman–Crippen LogP) is 15.2. The molecule has 0 bridgehead atoms. The molecular weight excluding hydrogens is 721 g/mol. The number of hydrogen-bond donors (Lipinski definition) is 0. The molecule has 2 nitrogen and oxygen atoms in total. The zero-order chi connectivity index (χ0) is 38.8. The van der Waals surface area contributed by atoms with Crippen molar-refractivity contribution in [2.45, 2.75) is 19.3 Å². The molecule has 0 fully saturated rings. The number of fused-ring (bicyclic) bond motifs is 6. The summed E-state index contributed by atoms with van der Waals surface area (Å²) in [6.45, 7) is 4.69. The minimum absolute atomic E-state index is 0.0429. The minimum atomic E-state index is -0.0429. The normalized spacial score (nSPS) is 12.8. The molecule has 1 aliphatic rings. The molecule has 0 unspecified atom stereocenters. The van der Waals surface area contributed by atoms with Gasteiger partial charge in [0.25, 0.3) is 0 Å². The fourth-order valence-corrected chi connectivity index (χ4v) is 9.91. The van der Waals surface area contributed by atoms with Crippen molar-refractivity contribution < 1.29 is 0 Å². The molecule has 3 heteroatoms. The Hall–Kier alpha value is -6.94. The van der Waals surface area contributed by atoms with Crippen molar-refractivity contribution >= 4 is 31.5 Å². The van der Waals surface area contributed by atoms with Crippen molar-refractivity contribution in [1.82, 2.24) is 9.97 Å². The molecule has 0 N–H and O–H groups in total. The monoisotopic (exact) mass is 758 g/mol. The fourth-order valence-electron chi connectivity index (χ4n) is 8.82. The minimum Gasteiger partial charge on any atom is -0.228 e. The smallest absolute Gasteiger partial charge is 0.160 e. The van der Waals surface area contributed by atoms with Gasteiger partial charge in [0, 0.05) is 42.3 Å². The maximum atomic E-state index is 5.25. The first-order chi connectivity index (χ1) is 28.5. The third-order valence-electron chi connectivity index (χ3n) is 11.9. The Balaban J connectivity index is 1.05. The van der Waals surface area contributed by atoms with Gasteiger partial charge >= 0.3 is 0 Å². The molecule has 10 aromatic rings. The van der Waals surface area contributed by atoms with Gasteiger partial charge in [-0.2, -0.15) is 0 Å². The molecule has 0 amide bonds. The Bertz CT molecular complexity index is 3120. The average Bonchev–Trinajstić information content (AvgIpc) is 3.77. The number of nitrogens with zero attached hydrogens (tertiary/aromatic N) is 2. The quantitative estimate of drug-likeness (QED) is 0.169. The number of rotatable bonds is 6. The first-order valence-corrected chi connectivity index (χ1v) is 20.7. The molecule has 2 aromatic heterocycles. The van der Waals surface area contributed by atoms with Gasteiger partial charge in [-0.25, -0.2) is 9.97 Å². The van der Waals surface area contributed by atoms with E-state index in [2.05, 4.69) is 184 Å². The van der Waals surface area contributed by atoms with Crippen LogP contribution in [0, 0.1) is 0 Å². The first-order valence-electron chi connectivity index (χ1n) is 19.9. The third kappa shape index (κ3) is 5.86. The van der Waals surface area contributed by atoms with Gasteiger partial charge in [-0.15, -0.1) is 11.3 Å². The van der Waals surface area contributed by atoms with E-state index in [0.29, 0.717) is 5.82 Å². The SMILES string of the molecule is CC1(C)c2ccccc2-c2ccc(-c3ccc(-c4cc(-c5ccc6sc7ccccc7c6c5)cc(-c5cc(-c6ccccc6)nc(-c6ccccc6)n5)c4)cc3)cc21. The maximum absolute atomic E-state index is 5.25. The van der Waals surface area contributed by atoms with E-state index in [9.17, 15) is 0 Å². The Labute approximate surface area is 342 Å². The lowest BCUT2D eigenvalue weighted by atomic mass is 9.81. The summed E-state index contributed by atoms with van der Waals surface area (Å²) in [6, 6.07) is 70.3. The van der Waals surface area contributed by atoms with Crippen LogP contribution in [0.1, 0.15) is 25.0 Å². The van der Waals surface area contributed by atoms with Crippen LogP contribution in [-0.2, 0) is 5.41 Å². The standard InChI is InChI=1S/C55H38N2S/c1-55(2)48-19-11-9-17-44(48)45-27-25-40(33-49(45)55)35-21-23-36(24-22-35)41-29-42(39-26-28-53-47(32-39)46-18-10-12-20-52(46)58-53)31-43(30-41)51-34-50(37-13-5-3-6-14-37)56-54(57-51)38-15-7-4-8-16-38/h3-34H,1-2H3. The Morgan fingerprint density at radius 1 is 0.345 bits per heavy atom. The van der Waals surface area contributed by atoms with E-state index in [1.54, 1.807) is 0 Å². The Morgan fingerprint density at radius 3 is 1.66 bits per heavy atom. The van der Waals surface area contributed by atoms with Crippen LogP contribution >= 0.6 is 11.3 Å². The van der Waals surface area contributed by atoms with Crippen molar-refractivity contribution in [3.63, 3.8) is 0 Å². The molecule has 11 rings (SSSR count). The molecule has 2 heterocycles. The van der Waals surface area contributed by atoms with Gasteiger partial charge in [0.05, 0.1) is 11.4 Å². The van der Waals surface area contributed by atoms with E-state index < -0.39 is 0 Å². The molecule has 0 radical (unpaired) electrons. The highest BCUT2D eigenvalue weighted by Gasteiger charge is 2.35. The fraction of sp³-hybridized carbons (Fsp3) is 0.0545. The average molecular weight is 759 g/mol. The van der Waals surface area contributed by atoms with Crippen LogP contribution in [0.25, 0.3) is 98.6 Å². The first kappa shape index (κ1) is 34.3. The number of thiophene rings is 1. The Morgan fingerprint density at radius 2 is 0.879 bits per heavy atom. The van der Waals surface area contributed by atoms with Crippen molar-refractivity contribution in [3.8, 4) is 78.4 Å². The van der Waals surface area contributed by atoms with Crippen LogP contribution in [0.5, 0.6) is 0 Å². The maximum Gasteiger partial charge on any atom is 0.160 e. The van der Waals surface area contributed by atoms with Crippen LogP contribution < -0.4 is 0 Å². The lowest BCUT2D eigenvalue weighted by molar-refractivity contribution is 0.660. The zero-order valence-corrected chi connectivity index (χ0v) is 33.1. The molecule has 274 valence electrons. The second-order valence-corrected chi connectivity index (χ2v) is 16.9. The second-order valence-electron chi connectivity index (χ2n) is 15.8. The third-order valence-corrected chi connectivity index (χ3v) is 13.1. The topological polar surface area (TPSA) is 25.8 Å². The number of benzene rings is 8. The van der Waals surface area contributed by atoms with E-state index >= 15 is 0 Å². The van der Waals surface area contributed by atoms with Crippen LogP contribution in [0.3, 0.4) is 0 Å². The van der Waals surface area contributed by atoms with Crippen molar-refractivity contribution in [2.24, 2.45) is 0 Å². The molecule has 0 spiro atoms. The lowest BCUT2D eigenvalue weighted by Gasteiger charge is -2.22. The number of hydrogen-bond acceptors (Lipinski definition) is 3. The summed E-state index contributed by atoms with van der Waals surface area (Å²) in [5, 5.41) is 2.58. The van der Waals surface area contributed by atoms with E-state index in [1.165, 1.54) is 59.1 Å². The summed E-state index contributed by atoms with van der Waals surface area (Å²) in [5.74, 6) is 0.708. The molecule has 0 aliphatic heterocycles. The summed E-state index contributed by atoms with van der Waals surface area (Å²) in [6.07, 6.45) is 0. The molecule has 58 heavy (non-hydrogen) atoms. The molecule has 8 aromatic carbocycles. The van der Waals surface area contributed by atoms with Crippen LogP contribution in [0.4, 0.5) is 0 Å². The van der Waals surface area contributed by atoms with Gasteiger partial charge < -0.3 is 0 Å². The van der Waals surface area contributed by atoms with Crippen molar-refractivity contribution in [2.75, 3.05) is 0 Å². The van der Waals surface area contributed by atoms with E-state index in [0.717, 1.165) is 44.8 Å². The highest BCUT2D eigenvalue weighted by Crippen LogP contribution is 2.49. The molecule has 0 saturated heterocycles. The van der Waals surface area contributed by atoms with Crippen molar-refractivity contribution in [1.29, 1.82) is 0 Å². The summed E-state index contributed by atoms with van der Waals surface area (Å²) < 4.78 is 2.61. The predicted molar refractivity (Wildman–Crippen MR) is 245 cm³/mol. The summed E-state index contributed by atoms with van der Waals surface area (Å²) in [7, 11) is 0. The van der Waals surface area contributed by atoms with Crippen LogP contribution in [0.15, 0.2) is 194 Å². The second kappa shape index (κ2) is 13.6. The van der Waals surface area contributed by atoms with Crippen LogP contribution in [-0.4, -0.2) is 9.97 Å². The van der Waals surface area contributed by atoms with Crippen molar-refractivity contribution in [3.05, 3.63) is 205 Å².